The molecule has 5 heteroatoms. The Morgan fingerprint density at radius 1 is 1.05 bits per heavy atom. The Balaban J connectivity index is 2.20. The first-order valence-corrected chi connectivity index (χ1v) is 6.60. The maximum atomic E-state index is 12.6. The second-order valence-corrected chi connectivity index (χ2v) is 5.22. The van der Waals surface area contributed by atoms with Gasteiger partial charge in [-0.25, -0.2) is 0 Å². The number of benzene rings is 2. The molecule has 0 fully saturated rings. The summed E-state index contributed by atoms with van der Waals surface area (Å²) >= 11 is 3.25. The number of carbonyl (C=O) groups excluding carboxylic acids is 1. The van der Waals surface area contributed by atoms with Crippen molar-refractivity contribution in [3.8, 4) is 0 Å². The maximum Gasteiger partial charge on any atom is 0.416 e. The van der Waals surface area contributed by atoms with Crippen LogP contribution < -0.4 is 0 Å². The summed E-state index contributed by atoms with van der Waals surface area (Å²) in [4.78, 5) is 12.0. The van der Waals surface area contributed by atoms with Crippen molar-refractivity contribution >= 4 is 21.7 Å². The third kappa shape index (κ3) is 3.70. The molecule has 0 heterocycles. The molecule has 0 N–H and O–H groups in total. The highest BCUT2D eigenvalue weighted by molar-refractivity contribution is 9.10. The van der Waals surface area contributed by atoms with Gasteiger partial charge in [-0.05, 0) is 23.8 Å². The molecule has 0 amide bonds. The lowest BCUT2D eigenvalue weighted by Crippen LogP contribution is -2.08. The smallest absolute Gasteiger partial charge is 0.294 e. The van der Waals surface area contributed by atoms with Crippen LogP contribution in [-0.2, 0) is 12.6 Å². The van der Waals surface area contributed by atoms with Gasteiger partial charge < -0.3 is 0 Å². The molecule has 0 unspecified atom stereocenters. The zero-order valence-electron chi connectivity index (χ0n) is 10.2. The Labute approximate surface area is 122 Å². The normalized spacial score (nSPS) is 11.4. The summed E-state index contributed by atoms with van der Waals surface area (Å²) < 4.78 is 38.5. The number of hydrogen-bond donors (Lipinski definition) is 0. The summed E-state index contributed by atoms with van der Waals surface area (Å²) in [7, 11) is 0. The monoisotopic (exact) mass is 342 g/mol. The highest BCUT2D eigenvalue weighted by atomic mass is 79.9. The number of halogens is 4. The van der Waals surface area contributed by atoms with Crippen molar-refractivity contribution in [2.75, 3.05) is 0 Å². The predicted molar refractivity (Wildman–Crippen MR) is 73.6 cm³/mol. The van der Waals surface area contributed by atoms with Gasteiger partial charge in [0.15, 0.2) is 5.78 Å². The molecule has 0 bridgehead atoms. The molecule has 1 nitrogen and oxygen atoms in total. The van der Waals surface area contributed by atoms with E-state index in [1.54, 1.807) is 24.3 Å². The Bertz CT molecular complexity index is 635. The first kappa shape index (κ1) is 14.8. The van der Waals surface area contributed by atoms with E-state index in [0.717, 1.165) is 16.6 Å². The number of alkyl halides is 3. The third-order valence-corrected chi connectivity index (χ3v) is 3.26. The highest BCUT2D eigenvalue weighted by Gasteiger charge is 2.30. The molecule has 0 spiro atoms. The van der Waals surface area contributed by atoms with Gasteiger partial charge in [0.25, 0.3) is 0 Å². The summed E-state index contributed by atoms with van der Waals surface area (Å²) in [5, 5.41) is 0. The van der Waals surface area contributed by atoms with Crippen molar-refractivity contribution in [1.82, 2.24) is 0 Å². The van der Waals surface area contributed by atoms with E-state index in [2.05, 4.69) is 15.9 Å². The van der Waals surface area contributed by atoms with Crippen LogP contribution in [0.3, 0.4) is 0 Å². The minimum atomic E-state index is -4.39. The molecule has 0 saturated carbocycles. The van der Waals surface area contributed by atoms with E-state index in [-0.39, 0.29) is 12.2 Å². The summed E-state index contributed by atoms with van der Waals surface area (Å²) in [6.45, 7) is 0. The van der Waals surface area contributed by atoms with Gasteiger partial charge in [0.2, 0.25) is 0 Å². The van der Waals surface area contributed by atoms with Gasteiger partial charge in [-0.2, -0.15) is 13.2 Å². The van der Waals surface area contributed by atoms with Crippen molar-refractivity contribution in [3.63, 3.8) is 0 Å². The Morgan fingerprint density at radius 3 is 2.40 bits per heavy atom. The molecule has 0 aliphatic rings. The largest absolute Gasteiger partial charge is 0.416 e. The first-order chi connectivity index (χ1) is 9.36. The molecule has 0 saturated heterocycles. The van der Waals surface area contributed by atoms with Crippen LogP contribution in [0.2, 0.25) is 0 Å². The van der Waals surface area contributed by atoms with Crippen molar-refractivity contribution in [1.29, 1.82) is 0 Å². The van der Waals surface area contributed by atoms with E-state index in [9.17, 15) is 18.0 Å². The molecule has 0 aliphatic carbocycles. The Kier molecular flexibility index (Phi) is 4.28. The van der Waals surface area contributed by atoms with Crippen LogP contribution in [0.15, 0.2) is 53.0 Å². The van der Waals surface area contributed by atoms with E-state index < -0.39 is 11.7 Å². The summed E-state index contributed by atoms with van der Waals surface area (Å²) in [5.41, 5.74) is 0.0821. The number of Topliss-reactive ketones (excluding diaryl/α,β-unsaturated/α-hetero) is 1. The number of rotatable bonds is 3. The van der Waals surface area contributed by atoms with E-state index in [4.69, 9.17) is 0 Å². The molecule has 0 aromatic heterocycles. The van der Waals surface area contributed by atoms with Crippen LogP contribution in [0, 0.1) is 0 Å². The minimum absolute atomic E-state index is 0.0552. The summed E-state index contributed by atoms with van der Waals surface area (Å²) in [5.74, 6) is -0.217. The minimum Gasteiger partial charge on any atom is -0.294 e. The summed E-state index contributed by atoms with van der Waals surface area (Å²) in [6, 6.07) is 11.6. The number of ketones is 1. The summed E-state index contributed by atoms with van der Waals surface area (Å²) in [6.07, 6.45) is -4.45. The fourth-order valence-electron chi connectivity index (χ4n) is 1.81. The zero-order chi connectivity index (χ0) is 14.8. The fourth-order valence-corrected chi connectivity index (χ4v) is 2.21. The van der Waals surface area contributed by atoms with Gasteiger partial charge >= 0.3 is 6.18 Å². The van der Waals surface area contributed by atoms with Crippen LogP contribution in [0.25, 0.3) is 0 Å². The molecule has 104 valence electrons. The van der Waals surface area contributed by atoms with Gasteiger partial charge in [0.05, 0.1) is 5.56 Å². The highest BCUT2D eigenvalue weighted by Crippen LogP contribution is 2.29. The van der Waals surface area contributed by atoms with Crippen molar-refractivity contribution in [3.05, 3.63) is 69.7 Å². The second kappa shape index (κ2) is 5.79. The Hall–Kier alpha value is -1.62. The van der Waals surface area contributed by atoms with Crippen LogP contribution in [0.4, 0.5) is 13.2 Å². The van der Waals surface area contributed by atoms with Crippen LogP contribution in [0.1, 0.15) is 21.5 Å². The average molecular weight is 343 g/mol. The number of hydrogen-bond acceptors (Lipinski definition) is 1. The Morgan fingerprint density at radius 2 is 1.75 bits per heavy atom. The van der Waals surface area contributed by atoms with Gasteiger partial charge in [-0.3, -0.25) is 4.79 Å². The maximum absolute atomic E-state index is 12.6. The average Bonchev–Trinajstić information content (AvgIpc) is 2.38. The standard InChI is InChI=1S/C15H10BrF3O/c16-13-6-2-4-11(9-13)14(20)8-10-3-1-5-12(7-10)15(17,18)19/h1-7,9H,8H2. The van der Waals surface area contributed by atoms with Gasteiger partial charge in [0.1, 0.15) is 0 Å². The molecule has 2 aromatic carbocycles. The van der Waals surface area contributed by atoms with Gasteiger partial charge in [-0.15, -0.1) is 0 Å². The van der Waals surface area contributed by atoms with E-state index in [1.165, 1.54) is 12.1 Å². The quantitative estimate of drug-likeness (QED) is 0.725. The van der Waals surface area contributed by atoms with Gasteiger partial charge in [0, 0.05) is 16.5 Å². The third-order valence-electron chi connectivity index (χ3n) is 2.77. The van der Waals surface area contributed by atoms with Crippen LogP contribution >= 0.6 is 15.9 Å². The zero-order valence-corrected chi connectivity index (χ0v) is 11.8. The molecule has 2 rings (SSSR count). The molecule has 2 aromatic rings. The van der Waals surface area contributed by atoms with E-state index in [0.29, 0.717) is 11.1 Å². The van der Waals surface area contributed by atoms with Crippen LogP contribution in [0.5, 0.6) is 0 Å². The van der Waals surface area contributed by atoms with Crippen molar-refractivity contribution in [2.45, 2.75) is 12.6 Å². The van der Waals surface area contributed by atoms with Crippen molar-refractivity contribution < 1.29 is 18.0 Å². The fraction of sp³-hybridized carbons (Fsp3) is 0.133. The molecule has 20 heavy (non-hydrogen) atoms. The van der Waals surface area contributed by atoms with Crippen LogP contribution in [-0.4, -0.2) is 5.78 Å². The molecule has 0 radical (unpaired) electrons. The molecular weight excluding hydrogens is 333 g/mol. The SMILES string of the molecule is O=C(Cc1cccc(C(F)(F)F)c1)c1cccc(Br)c1. The number of carbonyl (C=O) groups is 1. The van der Waals surface area contributed by atoms with Crippen molar-refractivity contribution in [2.24, 2.45) is 0 Å². The van der Waals surface area contributed by atoms with E-state index >= 15 is 0 Å². The first-order valence-electron chi connectivity index (χ1n) is 5.81. The van der Waals surface area contributed by atoms with Gasteiger partial charge in [-0.1, -0.05) is 46.3 Å². The molecule has 0 aliphatic heterocycles. The second-order valence-electron chi connectivity index (χ2n) is 4.31. The lowest BCUT2D eigenvalue weighted by Gasteiger charge is -2.08. The lowest BCUT2D eigenvalue weighted by atomic mass is 10.0. The molecule has 0 atom stereocenters. The topological polar surface area (TPSA) is 17.1 Å². The molecular formula is C15H10BrF3O. The van der Waals surface area contributed by atoms with E-state index in [1.807, 2.05) is 0 Å². The lowest BCUT2D eigenvalue weighted by molar-refractivity contribution is -0.137. The predicted octanol–water partition coefficient (Wildman–Crippen LogP) is 4.89.